The number of carbonyl (C=O) groups is 1. The van der Waals surface area contributed by atoms with E-state index in [9.17, 15) is 4.79 Å². The maximum Gasteiger partial charge on any atom is 0.247 e. The lowest BCUT2D eigenvalue weighted by molar-refractivity contribution is -0.128. The fourth-order valence-electron chi connectivity index (χ4n) is 3.03. The van der Waals surface area contributed by atoms with Crippen molar-refractivity contribution in [3.05, 3.63) is 60.1 Å². The van der Waals surface area contributed by atoms with Crippen molar-refractivity contribution in [1.82, 2.24) is 4.90 Å². The highest BCUT2D eigenvalue weighted by atomic mass is 16.5. The van der Waals surface area contributed by atoms with Gasteiger partial charge in [-0.05, 0) is 48.7 Å². The predicted octanol–water partition coefficient (Wildman–Crippen LogP) is 3.57. The summed E-state index contributed by atoms with van der Waals surface area (Å²) in [6.07, 6.45) is 7.07. The quantitative estimate of drug-likeness (QED) is 0.713. The second-order valence-corrected chi connectivity index (χ2v) is 6.76. The lowest BCUT2D eigenvalue weighted by Crippen LogP contribution is -2.35. The topological polar surface area (TPSA) is 45.9 Å². The van der Waals surface area contributed by atoms with E-state index in [-0.39, 0.29) is 12.0 Å². The van der Waals surface area contributed by atoms with Crippen molar-refractivity contribution in [2.75, 3.05) is 32.1 Å². The highest BCUT2D eigenvalue weighted by Crippen LogP contribution is 2.18. The molecule has 0 N–H and O–H groups in total. The van der Waals surface area contributed by atoms with Gasteiger partial charge in [-0.25, -0.2) is 0 Å². The number of rotatable bonds is 7. The highest BCUT2D eigenvalue weighted by Gasteiger charge is 2.21. The van der Waals surface area contributed by atoms with Crippen LogP contribution in [0.25, 0.3) is 6.08 Å². The van der Waals surface area contributed by atoms with Gasteiger partial charge in [0.15, 0.2) is 0 Å². The second kappa shape index (κ2) is 8.72. The van der Waals surface area contributed by atoms with Crippen LogP contribution in [0.2, 0.25) is 0 Å². The zero-order valence-electron chi connectivity index (χ0n) is 15.4. The fourth-order valence-corrected chi connectivity index (χ4v) is 3.03. The molecule has 1 aliphatic heterocycles. The minimum Gasteiger partial charge on any atom is -0.465 e. The Balaban J connectivity index is 1.70. The molecule has 0 aliphatic carbocycles. The number of ether oxygens (including phenoxy) is 1. The Kier molecular flexibility index (Phi) is 6.12. The van der Waals surface area contributed by atoms with Gasteiger partial charge in [-0.1, -0.05) is 12.1 Å². The van der Waals surface area contributed by atoms with Crippen molar-refractivity contribution >= 4 is 17.7 Å². The Morgan fingerprint density at radius 3 is 2.65 bits per heavy atom. The first kappa shape index (κ1) is 18.3. The molecule has 2 aromatic rings. The number of amides is 1. The second-order valence-electron chi connectivity index (χ2n) is 6.76. The number of anilines is 1. The van der Waals surface area contributed by atoms with Crippen LogP contribution < -0.4 is 4.90 Å². The SMILES string of the molecule is CN(C)c1ccc(CN(C[C@@H]2CCCO2)C(=O)/C=C/c2ccco2)cc1. The summed E-state index contributed by atoms with van der Waals surface area (Å²) < 4.78 is 11.0. The number of hydrogen-bond donors (Lipinski definition) is 0. The molecule has 1 fully saturated rings. The summed E-state index contributed by atoms with van der Waals surface area (Å²) in [6.45, 7) is 1.96. The molecule has 0 bridgehead atoms. The van der Waals surface area contributed by atoms with E-state index in [1.54, 1.807) is 24.5 Å². The monoisotopic (exact) mass is 354 g/mol. The Hall–Kier alpha value is -2.53. The van der Waals surface area contributed by atoms with E-state index in [1.807, 2.05) is 25.1 Å². The van der Waals surface area contributed by atoms with E-state index < -0.39 is 0 Å². The third kappa shape index (κ3) is 4.99. The summed E-state index contributed by atoms with van der Waals surface area (Å²) in [5, 5.41) is 0. The van der Waals surface area contributed by atoms with Gasteiger partial charge in [0.1, 0.15) is 5.76 Å². The molecule has 0 saturated carbocycles. The number of furan rings is 1. The van der Waals surface area contributed by atoms with E-state index >= 15 is 0 Å². The third-order valence-electron chi connectivity index (χ3n) is 4.52. The minimum atomic E-state index is -0.0337. The molecule has 0 radical (unpaired) electrons. The summed E-state index contributed by atoms with van der Waals surface area (Å²) in [5.74, 6) is 0.638. The summed E-state index contributed by atoms with van der Waals surface area (Å²) in [7, 11) is 4.03. The van der Waals surface area contributed by atoms with Gasteiger partial charge < -0.3 is 19.0 Å². The lowest BCUT2D eigenvalue weighted by atomic mass is 10.1. The van der Waals surface area contributed by atoms with Crippen LogP contribution in [0.3, 0.4) is 0 Å². The molecule has 1 atom stereocenters. The third-order valence-corrected chi connectivity index (χ3v) is 4.52. The maximum atomic E-state index is 12.7. The molecule has 26 heavy (non-hydrogen) atoms. The van der Waals surface area contributed by atoms with E-state index in [1.165, 1.54) is 0 Å². The standard InChI is InChI=1S/C21H26N2O3/c1-22(2)18-9-7-17(8-10-18)15-23(16-20-6-4-14-26-20)21(24)12-11-19-5-3-13-25-19/h3,5,7-13,20H,4,6,14-16H2,1-2H3/b12-11+/t20-/m0/s1. The summed E-state index contributed by atoms with van der Waals surface area (Å²) in [5.41, 5.74) is 2.25. The van der Waals surface area contributed by atoms with Gasteiger partial charge in [-0.15, -0.1) is 0 Å². The van der Waals surface area contributed by atoms with Crippen molar-refractivity contribution in [3.8, 4) is 0 Å². The molecular formula is C21H26N2O3. The van der Waals surface area contributed by atoms with Gasteiger partial charge >= 0.3 is 0 Å². The summed E-state index contributed by atoms with van der Waals surface area (Å²) >= 11 is 0. The van der Waals surface area contributed by atoms with Crippen LogP contribution in [0.4, 0.5) is 5.69 Å². The van der Waals surface area contributed by atoms with Crippen molar-refractivity contribution < 1.29 is 13.9 Å². The molecule has 1 saturated heterocycles. The number of hydrogen-bond acceptors (Lipinski definition) is 4. The van der Waals surface area contributed by atoms with Crippen LogP contribution in [0.5, 0.6) is 0 Å². The summed E-state index contributed by atoms with van der Waals surface area (Å²) in [4.78, 5) is 16.6. The van der Waals surface area contributed by atoms with Gasteiger partial charge in [-0.3, -0.25) is 4.79 Å². The first-order chi connectivity index (χ1) is 12.6. The molecule has 5 nitrogen and oxygen atoms in total. The van der Waals surface area contributed by atoms with Crippen LogP contribution in [0, 0.1) is 0 Å². The molecule has 1 aromatic heterocycles. The van der Waals surface area contributed by atoms with E-state index in [4.69, 9.17) is 9.15 Å². The number of nitrogens with zero attached hydrogens (tertiary/aromatic N) is 2. The van der Waals surface area contributed by atoms with E-state index in [0.29, 0.717) is 18.8 Å². The average molecular weight is 354 g/mol. The minimum absolute atomic E-state index is 0.0337. The zero-order chi connectivity index (χ0) is 18.4. The fraction of sp³-hybridized carbons (Fsp3) is 0.381. The van der Waals surface area contributed by atoms with Crippen LogP contribution in [-0.4, -0.2) is 44.2 Å². The molecule has 138 valence electrons. The smallest absolute Gasteiger partial charge is 0.247 e. The van der Waals surface area contributed by atoms with E-state index in [2.05, 4.69) is 29.2 Å². The van der Waals surface area contributed by atoms with Crippen molar-refractivity contribution in [2.45, 2.75) is 25.5 Å². The Morgan fingerprint density at radius 2 is 2.04 bits per heavy atom. The number of carbonyl (C=O) groups excluding carboxylic acids is 1. The molecule has 0 unspecified atom stereocenters. The van der Waals surface area contributed by atoms with E-state index in [0.717, 1.165) is 30.7 Å². The van der Waals surface area contributed by atoms with Gasteiger partial charge in [0.2, 0.25) is 5.91 Å². The Labute approximate surface area is 154 Å². The zero-order valence-corrected chi connectivity index (χ0v) is 15.4. The molecule has 0 spiro atoms. The molecule has 1 aliphatic rings. The Bertz CT molecular complexity index is 714. The average Bonchev–Trinajstić information content (AvgIpc) is 3.33. The Morgan fingerprint density at radius 1 is 1.23 bits per heavy atom. The molecule has 1 amide bonds. The largest absolute Gasteiger partial charge is 0.465 e. The van der Waals surface area contributed by atoms with Crippen molar-refractivity contribution in [1.29, 1.82) is 0 Å². The van der Waals surface area contributed by atoms with Crippen LogP contribution >= 0.6 is 0 Å². The highest BCUT2D eigenvalue weighted by molar-refractivity contribution is 5.91. The van der Waals surface area contributed by atoms with Gasteiger partial charge in [0.25, 0.3) is 0 Å². The molecule has 1 aromatic carbocycles. The normalized spacial score (nSPS) is 16.9. The number of benzene rings is 1. The molecule has 3 rings (SSSR count). The lowest BCUT2D eigenvalue weighted by Gasteiger charge is -2.25. The molecule has 2 heterocycles. The molecule has 5 heteroatoms. The first-order valence-corrected chi connectivity index (χ1v) is 9.00. The van der Waals surface area contributed by atoms with Gasteiger partial charge in [-0.2, -0.15) is 0 Å². The molecular weight excluding hydrogens is 328 g/mol. The first-order valence-electron chi connectivity index (χ1n) is 9.00. The van der Waals surface area contributed by atoms with Crippen LogP contribution in [-0.2, 0) is 16.1 Å². The van der Waals surface area contributed by atoms with Crippen LogP contribution in [0.15, 0.2) is 53.2 Å². The maximum absolute atomic E-state index is 12.7. The van der Waals surface area contributed by atoms with Crippen molar-refractivity contribution in [3.63, 3.8) is 0 Å². The van der Waals surface area contributed by atoms with Crippen molar-refractivity contribution in [2.24, 2.45) is 0 Å². The van der Waals surface area contributed by atoms with Crippen LogP contribution in [0.1, 0.15) is 24.2 Å². The van der Waals surface area contributed by atoms with Gasteiger partial charge in [0, 0.05) is 45.6 Å². The summed E-state index contributed by atoms with van der Waals surface area (Å²) in [6, 6.07) is 11.9. The predicted molar refractivity (Wildman–Crippen MR) is 103 cm³/mol. The van der Waals surface area contributed by atoms with Gasteiger partial charge in [0.05, 0.1) is 12.4 Å².